The van der Waals surface area contributed by atoms with Crippen molar-refractivity contribution in [2.75, 3.05) is 21.3 Å². The van der Waals surface area contributed by atoms with Crippen LogP contribution in [0.25, 0.3) is 0 Å². The first-order chi connectivity index (χ1) is 15.0. The molecule has 1 amide bonds. The van der Waals surface area contributed by atoms with Gasteiger partial charge in [0.1, 0.15) is 5.03 Å². The van der Waals surface area contributed by atoms with Crippen molar-refractivity contribution in [3.8, 4) is 17.2 Å². The number of hydrogen-bond acceptors (Lipinski definition) is 6. The number of ether oxygens (including phenoxy) is 3. The summed E-state index contributed by atoms with van der Waals surface area (Å²) in [4.78, 5) is 18.5. The summed E-state index contributed by atoms with van der Waals surface area (Å²) in [6.07, 6.45) is 1.70. The molecule has 162 valence electrons. The summed E-state index contributed by atoms with van der Waals surface area (Å²) in [5, 5.41) is 3.63. The molecule has 3 rings (SSSR count). The van der Waals surface area contributed by atoms with Crippen LogP contribution in [0.4, 0.5) is 0 Å². The van der Waals surface area contributed by atoms with E-state index in [9.17, 15) is 4.79 Å². The van der Waals surface area contributed by atoms with Gasteiger partial charge in [-0.2, -0.15) is 0 Å². The van der Waals surface area contributed by atoms with Crippen LogP contribution in [-0.4, -0.2) is 32.2 Å². The number of carbonyl (C=O) groups excluding carboxylic acids is 1. The zero-order chi connectivity index (χ0) is 22.4. The summed E-state index contributed by atoms with van der Waals surface area (Å²) in [6.45, 7) is 4.40. The van der Waals surface area contributed by atoms with E-state index in [2.05, 4.69) is 35.4 Å². The molecule has 1 N–H and O–H groups in total. The first-order valence-electron chi connectivity index (χ1n) is 9.74. The summed E-state index contributed by atoms with van der Waals surface area (Å²) < 4.78 is 16.1. The van der Waals surface area contributed by atoms with Crippen LogP contribution in [0.1, 0.15) is 27.0 Å². The van der Waals surface area contributed by atoms with Gasteiger partial charge in [-0.25, -0.2) is 4.98 Å². The molecule has 1 aromatic heterocycles. The van der Waals surface area contributed by atoms with Crippen molar-refractivity contribution in [3.05, 3.63) is 70.9 Å². The molecule has 7 heteroatoms. The van der Waals surface area contributed by atoms with Gasteiger partial charge in [0.2, 0.25) is 5.75 Å². The van der Waals surface area contributed by atoms with Crippen LogP contribution >= 0.6 is 11.8 Å². The number of methoxy groups -OCH3 is 3. The molecule has 31 heavy (non-hydrogen) atoms. The van der Waals surface area contributed by atoms with Gasteiger partial charge in [-0.1, -0.05) is 23.9 Å². The van der Waals surface area contributed by atoms with Crippen LogP contribution in [0.2, 0.25) is 0 Å². The van der Waals surface area contributed by atoms with Gasteiger partial charge in [-0.15, -0.1) is 0 Å². The topological polar surface area (TPSA) is 69.7 Å². The summed E-state index contributed by atoms with van der Waals surface area (Å²) in [6, 6.07) is 13.4. The summed E-state index contributed by atoms with van der Waals surface area (Å²) in [7, 11) is 4.68. The molecule has 0 aliphatic heterocycles. The van der Waals surface area contributed by atoms with Crippen LogP contribution in [0, 0.1) is 13.8 Å². The largest absolute Gasteiger partial charge is 0.493 e. The fourth-order valence-electron chi connectivity index (χ4n) is 3.08. The van der Waals surface area contributed by atoms with Crippen LogP contribution in [0.3, 0.4) is 0 Å². The highest BCUT2D eigenvalue weighted by Crippen LogP contribution is 2.38. The number of nitrogens with one attached hydrogen (secondary N) is 1. The number of carbonyl (C=O) groups is 1. The van der Waals surface area contributed by atoms with E-state index in [1.165, 1.54) is 11.8 Å². The molecule has 0 bridgehead atoms. The minimum atomic E-state index is -0.199. The number of nitrogens with zero attached hydrogens (tertiary/aromatic N) is 1. The Morgan fingerprint density at radius 3 is 2.35 bits per heavy atom. The molecule has 2 aromatic carbocycles. The number of benzene rings is 2. The number of aryl methyl sites for hydroxylation is 2. The third-order valence-corrected chi connectivity index (χ3v) is 5.92. The van der Waals surface area contributed by atoms with Gasteiger partial charge >= 0.3 is 0 Å². The molecule has 1 heterocycles. The number of aromatic nitrogens is 1. The summed E-state index contributed by atoms with van der Waals surface area (Å²) in [5.74, 6) is 1.39. The molecule has 0 aliphatic rings. The van der Waals surface area contributed by atoms with E-state index < -0.39 is 0 Å². The number of amides is 1. The van der Waals surface area contributed by atoms with Crippen molar-refractivity contribution in [1.82, 2.24) is 10.3 Å². The van der Waals surface area contributed by atoms with Gasteiger partial charge in [-0.05, 0) is 60.9 Å². The lowest BCUT2D eigenvalue weighted by Crippen LogP contribution is -2.23. The second kappa shape index (κ2) is 10.2. The maximum absolute atomic E-state index is 13.0. The van der Waals surface area contributed by atoms with Crippen molar-refractivity contribution < 1.29 is 19.0 Å². The highest BCUT2D eigenvalue weighted by molar-refractivity contribution is 7.99. The molecular formula is C24H26N2O4S. The Balaban J connectivity index is 1.80. The summed E-state index contributed by atoms with van der Waals surface area (Å²) in [5.41, 5.74) is 3.67. The van der Waals surface area contributed by atoms with E-state index in [-0.39, 0.29) is 5.91 Å². The molecule has 0 aliphatic carbocycles. The van der Waals surface area contributed by atoms with Crippen LogP contribution in [0.15, 0.2) is 58.6 Å². The minimum absolute atomic E-state index is 0.199. The number of rotatable bonds is 8. The van der Waals surface area contributed by atoms with Gasteiger partial charge in [0.15, 0.2) is 11.5 Å². The molecule has 0 fully saturated rings. The fourth-order valence-corrected chi connectivity index (χ4v) is 4.15. The van der Waals surface area contributed by atoms with Gasteiger partial charge in [0.05, 0.1) is 26.9 Å². The van der Waals surface area contributed by atoms with Crippen molar-refractivity contribution in [2.24, 2.45) is 0 Å². The lowest BCUT2D eigenvalue weighted by Gasteiger charge is -2.15. The van der Waals surface area contributed by atoms with E-state index in [1.807, 2.05) is 19.1 Å². The molecule has 6 nitrogen and oxygen atoms in total. The van der Waals surface area contributed by atoms with Gasteiger partial charge in [-0.3, -0.25) is 4.79 Å². The van der Waals surface area contributed by atoms with E-state index in [1.54, 1.807) is 39.7 Å². The molecule has 0 saturated carbocycles. The zero-order valence-corrected chi connectivity index (χ0v) is 19.1. The first kappa shape index (κ1) is 22.5. The zero-order valence-electron chi connectivity index (χ0n) is 18.3. The second-order valence-corrected chi connectivity index (χ2v) is 7.97. The van der Waals surface area contributed by atoms with E-state index in [0.29, 0.717) is 34.4 Å². The Labute approximate surface area is 186 Å². The molecule has 0 radical (unpaired) electrons. The Bertz CT molecular complexity index is 1060. The van der Waals surface area contributed by atoms with Crippen molar-refractivity contribution >= 4 is 17.7 Å². The lowest BCUT2D eigenvalue weighted by atomic mass is 10.1. The molecule has 0 spiro atoms. The van der Waals surface area contributed by atoms with E-state index in [4.69, 9.17) is 14.2 Å². The third-order valence-electron chi connectivity index (χ3n) is 4.74. The Kier molecular flexibility index (Phi) is 7.41. The molecule has 0 atom stereocenters. The van der Waals surface area contributed by atoms with Gasteiger partial charge in [0, 0.05) is 17.6 Å². The SMILES string of the molecule is COc1cc(CNC(=O)c2cccnc2Sc2cc(C)ccc2C)cc(OC)c1OC. The number of pyridine rings is 1. The van der Waals surface area contributed by atoms with Crippen molar-refractivity contribution in [3.63, 3.8) is 0 Å². The lowest BCUT2D eigenvalue weighted by molar-refractivity contribution is 0.0947. The standard InChI is InChI=1S/C24H26N2O4S/c1-15-8-9-16(2)21(11-15)31-24-18(7-6-10-25-24)23(27)26-14-17-12-19(28-3)22(30-5)20(13-17)29-4/h6-13H,14H2,1-5H3,(H,26,27). The molecule has 0 unspecified atom stereocenters. The molecule has 0 saturated heterocycles. The minimum Gasteiger partial charge on any atom is -0.493 e. The smallest absolute Gasteiger partial charge is 0.254 e. The maximum Gasteiger partial charge on any atom is 0.254 e. The van der Waals surface area contributed by atoms with Crippen LogP contribution in [-0.2, 0) is 6.54 Å². The van der Waals surface area contributed by atoms with Crippen molar-refractivity contribution in [1.29, 1.82) is 0 Å². The number of hydrogen-bond donors (Lipinski definition) is 1. The maximum atomic E-state index is 13.0. The molecular weight excluding hydrogens is 412 g/mol. The molecule has 3 aromatic rings. The normalized spacial score (nSPS) is 10.5. The van der Waals surface area contributed by atoms with Gasteiger partial charge < -0.3 is 19.5 Å². The second-order valence-electron chi connectivity index (χ2n) is 6.94. The quantitative estimate of drug-likeness (QED) is 0.545. The first-order valence-corrected chi connectivity index (χ1v) is 10.6. The predicted octanol–water partition coefficient (Wildman–Crippen LogP) is 4.81. The fraction of sp³-hybridized carbons (Fsp3) is 0.250. The van der Waals surface area contributed by atoms with Crippen LogP contribution < -0.4 is 19.5 Å². The summed E-state index contributed by atoms with van der Waals surface area (Å²) >= 11 is 1.49. The van der Waals surface area contributed by atoms with Crippen molar-refractivity contribution in [2.45, 2.75) is 30.3 Å². The predicted molar refractivity (Wildman–Crippen MR) is 122 cm³/mol. The van der Waals surface area contributed by atoms with Crippen LogP contribution in [0.5, 0.6) is 17.2 Å². The average Bonchev–Trinajstić information content (AvgIpc) is 2.79. The highest BCUT2D eigenvalue weighted by atomic mass is 32.2. The van der Waals surface area contributed by atoms with E-state index in [0.717, 1.165) is 21.6 Å². The van der Waals surface area contributed by atoms with E-state index >= 15 is 0 Å². The Morgan fingerprint density at radius 2 is 1.71 bits per heavy atom. The Hall–Kier alpha value is -3.19. The van der Waals surface area contributed by atoms with Gasteiger partial charge in [0.25, 0.3) is 5.91 Å². The third kappa shape index (κ3) is 5.30. The average molecular weight is 439 g/mol. The monoisotopic (exact) mass is 438 g/mol. The Morgan fingerprint density at radius 1 is 1.00 bits per heavy atom. The highest BCUT2D eigenvalue weighted by Gasteiger charge is 2.16.